The molecular formula is C18H16BrNO2. The van der Waals surface area contributed by atoms with Crippen LogP contribution in [0.2, 0.25) is 0 Å². The molecule has 4 aliphatic carbocycles. The normalized spacial score (nSPS) is 40.9. The first-order valence-corrected chi connectivity index (χ1v) is 8.69. The molecule has 6 rings (SSSR count). The zero-order valence-corrected chi connectivity index (χ0v) is 13.8. The van der Waals surface area contributed by atoms with Crippen LogP contribution in [0.4, 0.5) is 5.69 Å². The lowest BCUT2D eigenvalue weighted by Gasteiger charge is -2.37. The van der Waals surface area contributed by atoms with Gasteiger partial charge in [0.2, 0.25) is 11.8 Å². The quantitative estimate of drug-likeness (QED) is 0.571. The molecule has 2 saturated carbocycles. The topological polar surface area (TPSA) is 37.4 Å². The molecule has 1 aliphatic heterocycles. The van der Waals surface area contributed by atoms with Gasteiger partial charge in [0.05, 0.1) is 17.5 Å². The Bertz CT molecular complexity index is 719. The van der Waals surface area contributed by atoms with Crippen molar-refractivity contribution in [3.63, 3.8) is 0 Å². The third kappa shape index (κ3) is 1.47. The van der Waals surface area contributed by atoms with Crippen molar-refractivity contribution in [3.05, 3.63) is 40.4 Å². The lowest BCUT2D eigenvalue weighted by Crippen LogP contribution is -2.40. The minimum absolute atomic E-state index is 0.0186. The van der Waals surface area contributed by atoms with Crippen molar-refractivity contribution in [2.24, 2.45) is 35.5 Å². The van der Waals surface area contributed by atoms with E-state index >= 15 is 0 Å². The summed E-state index contributed by atoms with van der Waals surface area (Å²) < 4.78 is 0.966. The van der Waals surface area contributed by atoms with Gasteiger partial charge in [0.15, 0.2) is 0 Å². The highest BCUT2D eigenvalue weighted by atomic mass is 79.9. The van der Waals surface area contributed by atoms with Gasteiger partial charge in [0.1, 0.15) is 0 Å². The molecule has 2 bridgehead atoms. The molecule has 0 spiro atoms. The zero-order chi connectivity index (χ0) is 15.2. The number of rotatable bonds is 1. The average molecular weight is 358 g/mol. The number of anilines is 1. The van der Waals surface area contributed by atoms with E-state index in [2.05, 4.69) is 28.1 Å². The predicted molar refractivity (Wildman–Crippen MR) is 86.1 cm³/mol. The number of hydrogen-bond donors (Lipinski definition) is 0. The van der Waals surface area contributed by atoms with Gasteiger partial charge in [-0.1, -0.05) is 28.1 Å². The Morgan fingerprint density at radius 1 is 1.05 bits per heavy atom. The van der Waals surface area contributed by atoms with Crippen molar-refractivity contribution in [2.45, 2.75) is 13.3 Å². The van der Waals surface area contributed by atoms with Crippen molar-refractivity contribution in [1.29, 1.82) is 0 Å². The van der Waals surface area contributed by atoms with Crippen LogP contribution in [0.15, 0.2) is 34.8 Å². The van der Waals surface area contributed by atoms with Crippen molar-refractivity contribution in [2.75, 3.05) is 4.90 Å². The predicted octanol–water partition coefficient (Wildman–Crippen LogP) is 3.32. The Hall–Kier alpha value is -1.42. The number of hydrogen-bond acceptors (Lipinski definition) is 2. The lowest BCUT2D eigenvalue weighted by molar-refractivity contribution is -0.124. The van der Waals surface area contributed by atoms with Crippen LogP contribution >= 0.6 is 15.9 Å². The van der Waals surface area contributed by atoms with E-state index in [0.717, 1.165) is 15.7 Å². The van der Waals surface area contributed by atoms with Crippen LogP contribution in [0.3, 0.4) is 0 Å². The summed E-state index contributed by atoms with van der Waals surface area (Å²) in [5, 5.41) is 0. The summed E-state index contributed by atoms with van der Waals surface area (Å²) in [5.74, 6) is 1.69. The zero-order valence-electron chi connectivity index (χ0n) is 12.2. The van der Waals surface area contributed by atoms with Crippen molar-refractivity contribution in [3.8, 4) is 0 Å². The molecule has 1 saturated heterocycles. The van der Waals surface area contributed by atoms with Crippen LogP contribution in [0, 0.1) is 42.4 Å². The van der Waals surface area contributed by atoms with Crippen molar-refractivity contribution in [1.82, 2.24) is 0 Å². The van der Waals surface area contributed by atoms with Crippen LogP contribution in [0.1, 0.15) is 12.0 Å². The van der Waals surface area contributed by atoms with Crippen LogP contribution in [0.5, 0.6) is 0 Å². The Morgan fingerprint density at radius 2 is 1.64 bits per heavy atom. The summed E-state index contributed by atoms with van der Waals surface area (Å²) in [7, 11) is 0. The van der Waals surface area contributed by atoms with Crippen LogP contribution < -0.4 is 4.90 Å². The van der Waals surface area contributed by atoms with Crippen LogP contribution in [-0.2, 0) is 9.59 Å². The highest BCUT2D eigenvalue weighted by Crippen LogP contribution is 2.65. The lowest BCUT2D eigenvalue weighted by atomic mass is 9.63. The summed E-state index contributed by atoms with van der Waals surface area (Å²) in [6.07, 6.45) is 5.62. The first kappa shape index (κ1) is 13.1. The largest absolute Gasteiger partial charge is 0.274 e. The van der Waals surface area contributed by atoms with Crippen LogP contribution in [-0.4, -0.2) is 11.8 Å². The van der Waals surface area contributed by atoms with E-state index in [9.17, 15) is 9.59 Å². The second-order valence-corrected chi connectivity index (χ2v) is 8.01. The Labute approximate surface area is 137 Å². The standard InChI is InChI=1S/C18H16BrNO2/c1-8-6-9(19)2-5-14(8)20-17(21)15-10-3-4-11(13-7-12(10)13)16(15)18(20)22/h2-6,10-13,15-16H,7H2,1H3. The van der Waals surface area contributed by atoms with E-state index in [-0.39, 0.29) is 35.5 Å². The maximum atomic E-state index is 13.0. The van der Waals surface area contributed by atoms with Gasteiger partial charge in [-0.15, -0.1) is 0 Å². The molecule has 4 heteroatoms. The van der Waals surface area contributed by atoms with Crippen molar-refractivity contribution < 1.29 is 9.59 Å². The molecule has 6 unspecified atom stereocenters. The number of nitrogens with zero attached hydrogens (tertiary/aromatic N) is 1. The molecule has 0 aromatic heterocycles. The van der Waals surface area contributed by atoms with E-state index in [1.165, 1.54) is 11.3 Å². The fraction of sp³-hybridized carbons (Fsp3) is 0.444. The fourth-order valence-corrected chi connectivity index (χ4v) is 5.54. The Balaban J connectivity index is 1.60. The van der Waals surface area contributed by atoms with Gasteiger partial charge >= 0.3 is 0 Å². The molecule has 0 N–H and O–H groups in total. The molecule has 1 aromatic carbocycles. The summed E-state index contributed by atoms with van der Waals surface area (Å²) in [6, 6.07) is 5.74. The van der Waals surface area contributed by atoms with E-state index < -0.39 is 0 Å². The summed E-state index contributed by atoms with van der Waals surface area (Å²) >= 11 is 3.44. The van der Waals surface area contributed by atoms with Gasteiger partial charge in [-0.3, -0.25) is 9.59 Å². The monoisotopic (exact) mass is 357 g/mol. The Kier molecular flexibility index (Phi) is 2.44. The number of carbonyl (C=O) groups excluding carboxylic acids is 2. The first-order chi connectivity index (χ1) is 10.6. The average Bonchev–Trinajstić information content (AvgIpc) is 3.26. The molecule has 3 fully saturated rings. The van der Waals surface area contributed by atoms with Gasteiger partial charge < -0.3 is 0 Å². The number of carbonyl (C=O) groups is 2. The number of halogens is 1. The summed E-state index contributed by atoms with van der Waals surface area (Å²) in [6.45, 7) is 1.95. The fourth-order valence-electron chi connectivity index (χ4n) is 5.06. The van der Waals surface area contributed by atoms with Gasteiger partial charge in [-0.25, -0.2) is 4.90 Å². The van der Waals surface area contributed by atoms with Gasteiger partial charge in [0.25, 0.3) is 0 Å². The second-order valence-electron chi connectivity index (χ2n) is 7.10. The van der Waals surface area contributed by atoms with Crippen LogP contribution in [0.25, 0.3) is 0 Å². The second kappa shape index (κ2) is 4.10. The number of imide groups is 1. The molecule has 22 heavy (non-hydrogen) atoms. The molecule has 0 radical (unpaired) electrons. The third-order valence-corrected chi connectivity index (χ3v) is 6.56. The molecule has 3 nitrogen and oxygen atoms in total. The molecular weight excluding hydrogens is 342 g/mol. The van der Waals surface area contributed by atoms with Gasteiger partial charge in [0, 0.05) is 4.47 Å². The minimum atomic E-state index is -0.116. The smallest absolute Gasteiger partial charge is 0.238 e. The maximum absolute atomic E-state index is 13.0. The maximum Gasteiger partial charge on any atom is 0.238 e. The Morgan fingerprint density at radius 3 is 2.18 bits per heavy atom. The summed E-state index contributed by atoms with van der Waals surface area (Å²) in [4.78, 5) is 27.5. The molecule has 1 heterocycles. The molecule has 6 atom stereocenters. The molecule has 5 aliphatic rings. The van der Waals surface area contributed by atoms with Gasteiger partial charge in [-0.05, 0) is 60.8 Å². The molecule has 112 valence electrons. The van der Waals surface area contributed by atoms with Crippen molar-refractivity contribution >= 4 is 33.4 Å². The highest BCUT2D eigenvalue weighted by molar-refractivity contribution is 9.10. The van der Waals surface area contributed by atoms with E-state index in [1.54, 1.807) is 0 Å². The first-order valence-electron chi connectivity index (χ1n) is 7.90. The number of benzene rings is 1. The van der Waals surface area contributed by atoms with E-state index in [4.69, 9.17) is 0 Å². The molecule has 1 aromatic rings. The van der Waals surface area contributed by atoms with E-state index in [0.29, 0.717) is 11.8 Å². The number of amides is 2. The summed E-state index contributed by atoms with van der Waals surface area (Å²) in [5.41, 5.74) is 1.71. The van der Waals surface area contributed by atoms with Gasteiger partial charge in [-0.2, -0.15) is 0 Å². The highest BCUT2D eigenvalue weighted by Gasteiger charge is 2.67. The third-order valence-electron chi connectivity index (χ3n) is 6.06. The molecule has 2 amide bonds. The number of aryl methyl sites for hydroxylation is 1. The SMILES string of the molecule is Cc1cc(Br)ccc1N1C(=O)C2C3C=CC(C4CC34)C2C1=O. The minimum Gasteiger partial charge on any atom is -0.274 e. The number of allylic oxidation sites excluding steroid dienone is 2. The van der Waals surface area contributed by atoms with E-state index in [1.807, 2.05) is 25.1 Å².